The van der Waals surface area contributed by atoms with E-state index in [4.69, 9.17) is 0 Å². The SMILES string of the molecule is CC(C)=O.CCCCCCCCCC(=O)OOC(=O)CCCCCCCCC. The van der Waals surface area contributed by atoms with Crippen LogP contribution in [0.3, 0.4) is 0 Å². The minimum absolute atomic E-state index is 0.167. The Morgan fingerprint density at radius 3 is 1.04 bits per heavy atom. The summed E-state index contributed by atoms with van der Waals surface area (Å²) >= 11 is 0. The van der Waals surface area contributed by atoms with Crippen molar-refractivity contribution in [3.8, 4) is 0 Å². The number of hydrogen-bond donors (Lipinski definition) is 0. The van der Waals surface area contributed by atoms with E-state index in [-0.39, 0.29) is 5.78 Å². The van der Waals surface area contributed by atoms with Gasteiger partial charge in [0.1, 0.15) is 5.78 Å². The van der Waals surface area contributed by atoms with Gasteiger partial charge in [0, 0.05) is 0 Å². The van der Waals surface area contributed by atoms with Crippen LogP contribution in [0.1, 0.15) is 130 Å². The van der Waals surface area contributed by atoms with Gasteiger partial charge >= 0.3 is 11.9 Å². The average Bonchev–Trinajstić information content (AvgIpc) is 2.64. The van der Waals surface area contributed by atoms with E-state index in [9.17, 15) is 14.4 Å². The van der Waals surface area contributed by atoms with E-state index in [0.717, 1.165) is 38.5 Å². The first kappa shape index (κ1) is 28.8. The number of carbonyl (C=O) groups excluding carboxylic acids is 3. The van der Waals surface area contributed by atoms with Crippen molar-refractivity contribution in [3.63, 3.8) is 0 Å². The molecule has 0 aromatic rings. The first-order valence-electron chi connectivity index (χ1n) is 11.3. The summed E-state index contributed by atoms with van der Waals surface area (Å²) < 4.78 is 0. The molecular formula is C23H44O5. The highest BCUT2D eigenvalue weighted by atomic mass is 17.2. The van der Waals surface area contributed by atoms with Crippen LogP contribution in [0.5, 0.6) is 0 Å². The Hall–Kier alpha value is -1.39. The van der Waals surface area contributed by atoms with Crippen LogP contribution in [0.15, 0.2) is 0 Å². The first-order valence-corrected chi connectivity index (χ1v) is 11.3. The Bertz CT molecular complexity index is 345. The number of rotatable bonds is 16. The second-order valence-corrected chi connectivity index (χ2v) is 7.56. The summed E-state index contributed by atoms with van der Waals surface area (Å²) in [4.78, 5) is 41.5. The molecule has 28 heavy (non-hydrogen) atoms. The molecule has 0 spiro atoms. The van der Waals surface area contributed by atoms with Gasteiger partial charge in [-0.3, -0.25) is 0 Å². The maximum Gasteiger partial charge on any atom is 0.355 e. The van der Waals surface area contributed by atoms with Crippen molar-refractivity contribution in [1.82, 2.24) is 0 Å². The van der Waals surface area contributed by atoms with Crippen molar-refractivity contribution in [1.29, 1.82) is 0 Å². The third-order valence-electron chi connectivity index (χ3n) is 4.20. The summed E-state index contributed by atoms with van der Waals surface area (Å²) in [5.41, 5.74) is 0. The molecule has 0 N–H and O–H groups in total. The number of hydrogen-bond acceptors (Lipinski definition) is 5. The van der Waals surface area contributed by atoms with E-state index in [2.05, 4.69) is 23.6 Å². The molecule has 0 aliphatic heterocycles. The molecule has 0 bridgehead atoms. The lowest BCUT2D eigenvalue weighted by Gasteiger charge is -2.04. The zero-order valence-corrected chi connectivity index (χ0v) is 18.9. The summed E-state index contributed by atoms with van der Waals surface area (Å²) in [5, 5.41) is 0. The van der Waals surface area contributed by atoms with Crippen molar-refractivity contribution in [2.24, 2.45) is 0 Å². The molecule has 0 aliphatic rings. The number of Topliss-reactive ketones (excluding diaryl/α,β-unsaturated/α-hetero) is 1. The topological polar surface area (TPSA) is 69.7 Å². The molecule has 0 atom stereocenters. The molecule has 0 amide bonds. The molecule has 0 heterocycles. The molecular weight excluding hydrogens is 356 g/mol. The molecule has 5 heteroatoms. The van der Waals surface area contributed by atoms with Crippen LogP contribution in [0.2, 0.25) is 0 Å². The van der Waals surface area contributed by atoms with Crippen LogP contribution in [-0.4, -0.2) is 17.7 Å². The Kier molecular flexibility index (Phi) is 24.3. The lowest BCUT2D eigenvalue weighted by molar-refractivity contribution is -0.259. The molecule has 0 rings (SSSR count). The average molecular weight is 401 g/mol. The van der Waals surface area contributed by atoms with Crippen LogP contribution in [0, 0.1) is 0 Å². The van der Waals surface area contributed by atoms with Crippen LogP contribution in [0.4, 0.5) is 0 Å². The molecule has 0 fully saturated rings. The van der Waals surface area contributed by atoms with Crippen LogP contribution in [-0.2, 0) is 24.2 Å². The van der Waals surface area contributed by atoms with Gasteiger partial charge in [-0.1, -0.05) is 90.9 Å². The number of unbranched alkanes of at least 4 members (excludes halogenated alkanes) is 12. The smallest absolute Gasteiger partial charge is 0.300 e. The van der Waals surface area contributed by atoms with Gasteiger partial charge in [-0.05, 0) is 26.7 Å². The van der Waals surface area contributed by atoms with Gasteiger partial charge in [0.15, 0.2) is 0 Å². The molecule has 0 radical (unpaired) electrons. The van der Waals surface area contributed by atoms with Crippen molar-refractivity contribution in [2.45, 2.75) is 130 Å². The Balaban J connectivity index is 0. The fourth-order valence-electron chi connectivity index (χ4n) is 2.63. The maximum atomic E-state index is 11.5. The Morgan fingerprint density at radius 2 is 0.750 bits per heavy atom. The molecule has 0 saturated carbocycles. The molecule has 0 aromatic carbocycles. The Labute approximate surface area is 172 Å². The van der Waals surface area contributed by atoms with Crippen molar-refractivity contribution in [3.05, 3.63) is 0 Å². The van der Waals surface area contributed by atoms with Crippen molar-refractivity contribution >= 4 is 17.7 Å². The second kappa shape index (κ2) is 23.6. The van der Waals surface area contributed by atoms with Crippen LogP contribution < -0.4 is 0 Å². The highest BCUT2D eigenvalue weighted by molar-refractivity contribution is 5.72. The zero-order valence-electron chi connectivity index (χ0n) is 18.9. The molecule has 0 saturated heterocycles. The predicted molar refractivity (Wildman–Crippen MR) is 114 cm³/mol. The summed E-state index contributed by atoms with van der Waals surface area (Å²) in [5.74, 6) is -0.701. The van der Waals surface area contributed by atoms with Gasteiger partial charge in [-0.15, -0.1) is 0 Å². The summed E-state index contributed by atoms with van der Waals surface area (Å²) in [7, 11) is 0. The molecule has 0 unspecified atom stereocenters. The fourth-order valence-corrected chi connectivity index (χ4v) is 2.63. The fraction of sp³-hybridized carbons (Fsp3) is 0.870. The van der Waals surface area contributed by atoms with E-state index in [1.807, 2.05) is 0 Å². The van der Waals surface area contributed by atoms with Gasteiger partial charge in [0.05, 0.1) is 12.8 Å². The largest absolute Gasteiger partial charge is 0.355 e. The summed E-state index contributed by atoms with van der Waals surface area (Å²) in [6, 6.07) is 0. The van der Waals surface area contributed by atoms with Gasteiger partial charge in [-0.25, -0.2) is 19.4 Å². The molecule has 0 aromatic heterocycles. The third-order valence-corrected chi connectivity index (χ3v) is 4.20. The van der Waals surface area contributed by atoms with Gasteiger partial charge in [0.25, 0.3) is 0 Å². The van der Waals surface area contributed by atoms with E-state index < -0.39 is 11.9 Å². The third kappa shape index (κ3) is 29.4. The van der Waals surface area contributed by atoms with Crippen LogP contribution >= 0.6 is 0 Å². The molecule has 0 aliphatic carbocycles. The summed E-state index contributed by atoms with van der Waals surface area (Å²) in [6.45, 7) is 7.45. The zero-order chi connectivity index (χ0) is 21.5. The number of ketones is 1. The van der Waals surface area contributed by atoms with E-state index in [1.54, 1.807) is 0 Å². The maximum absolute atomic E-state index is 11.5. The van der Waals surface area contributed by atoms with Gasteiger partial charge < -0.3 is 4.79 Å². The van der Waals surface area contributed by atoms with E-state index >= 15 is 0 Å². The quantitative estimate of drug-likeness (QED) is 0.161. The van der Waals surface area contributed by atoms with Crippen LogP contribution in [0.25, 0.3) is 0 Å². The van der Waals surface area contributed by atoms with Gasteiger partial charge in [0.2, 0.25) is 0 Å². The minimum Gasteiger partial charge on any atom is -0.300 e. The molecule has 5 nitrogen and oxygen atoms in total. The minimum atomic E-state index is -0.434. The van der Waals surface area contributed by atoms with Crippen molar-refractivity contribution in [2.75, 3.05) is 0 Å². The normalized spacial score (nSPS) is 10.0. The molecule has 166 valence electrons. The van der Waals surface area contributed by atoms with E-state index in [0.29, 0.717) is 12.8 Å². The van der Waals surface area contributed by atoms with Gasteiger partial charge in [-0.2, -0.15) is 0 Å². The monoisotopic (exact) mass is 400 g/mol. The standard InChI is InChI=1S/C20H38O4.C3H6O/c1-3-5-7-9-11-13-15-17-19(21)23-24-20(22)18-16-14-12-10-8-6-4-2;1-3(2)4/h3-18H2,1-2H3;1-2H3. The predicted octanol–water partition coefficient (Wildman–Crippen LogP) is 6.86. The van der Waals surface area contributed by atoms with E-state index in [1.165, 1.54) is 65.2 Å². The highest BCUT2D eigenvalue weighted by Crippen LogP contribution is 2.10. The first-order chi connectivity index (χ1) is 13.4. The van der Waals surface area contributed by atoms with Crippen molar-refractivity contribution < 1.29 is 24.2 Å². The Morgan fingerprint density at radius 1 is 0.500 bits per heavy atom. The highest BCUT2D eigenvalue weighted by Gasteiger charge is 2.09. The lowest BCUT2D eigenvalue weighted by atomic mass is 10.1. The lowest BCUT2D eigenvalue weighted by Crippen LogP contribution is -2.11. The number of carbonyl (C=O) groups is 3. The second-order valence-electron chi connectivity index (χ2n) is 7.56. The summed E-state index contributed by atoms with van der Waals surface area (Å²) in [6.07, 6.45) is 16.7.